The van der Waals surface area contributed by atoms with Gasteiger partial charge in [0.05, 0.1) is 17.5 Å². The molecule has 0 bridgehead atoms. The summed E-state index contributed by atoms with van der Waals surface area (Å²) in [6.07, 6.45) is -1.14. The number of hydrogen-bond donors (Lipinski definition) is 1. The number of aromatic nitrogens is 2. The second-order valence-corrected chi connectivity index (χ2v) is 6.95. The lowest BCUT2D eigenvalue weighted by molar-refractivity contribution is -0.154. The van der Waals surface area contributed by atoms with Crippen LogP contribution in [0.5, 0.6) is 0 Å². The fourth-order valence-corrected chi connectivity index (χ4v) is 3.11. The predicted octanol–water partition coefficient (Wildman–Crippen LogP) is 2.38. The highest BCUT2D eigenvalue weighted by molar-refractivity contribution is 6.31. The summed E-state index contributed by atoms with van der Waals surface area (Å²) >= 11 is 6.07. The quantitative estimate of drug-likeness (QED) is 0.626. The molecule has 0 aliphatic carbocycles. The van der Waals surface area contributed by atoms with Gasteiger partial charge >= 0.3 is 5.97 Å². The largest absolute Gasteiger partial charge is 0.452 e. The minimum absolute atomic E-state index is 0.156. The first kappa shape index (κ1) is 20.5. The van der Waals surface area contributed by atoms with Crippen molar-refractivity contribution in [2.24, 2.45) is 7.05 Å². The summed E-state index contributed by atoms with van der Waals surface area (Å²) in [5.74, 6) is -1.04. The average Bonchev–Trinajstić information content (AvgIpc) is 2.71. The molecule has 1 amide bonds. The number of nitrogens with zero attached hydrogens (tertiary/aromatic N) is 2. The van der Waals surface area contributed by atoms with Crippen molar-refractivity contribution < 1.29 is 14.3 Å². The molecular formula is C21H20ClN3O4. The Labute approximate surface area is 172 Å². The Morgan fingerprint density at radius 3 is 2.52 bits per heavy atom. The maximum atomic E-state index is 12.3. The monoisotopic (exact) mass is 413 g/mol. The van der Waals surface area contributed by atoms with E-state index in [1.807, 2.05) is 6.07 Å². The molecule has 8 heteroatoms. The number of ether oxygens (including phenoxy) is 1. The van der Waals surface area contributed by atoms with Crippen molar-refractivity contribution in [2.75, 3.05) is 0 Å². The smallest absolute Gasteiger partial charge is 0.312 e. The van der Waals surface area contributed by atoms with Gasteiger partial charge in [0.15, 0.2) is 6.10 Å². The van der Waals surface area contributed by atoms with Crippen LogP contribution in [0.2, 0.25) is 5.02 Å². The molecule has 7 nitrogen and oxygen atoms in total. The number of aryl methyl sites for hydroxylation is 1. The van der Waals surface area contributed by atoms with Gasteiger partial charge in [-0.1, -0.05) is 48.0 Å². The fourth-order valence-electron chi connectivity index (χ4n) is 2.90. The number of amides is 1. The molecule has 0 fully saturated rings. The fraction of sp³-hybridized carbons (Fsp3) is 0.238. The Hall–Kier alpha value is -3.19. The van der Waals surface area contributed by atoms with Crippen molar-refractivity contribution in [3.05, 3.63) is 75.2 Å². The number of rotatable bonds is 6. The molecule has 29 heavy (non-hydrogen) atoms. The molecular weight excluding hydrogens is 394 g/mol. The number of carbonyl (C=O) groups is 2. The minimum Gasteiger partial charge on any atom is -0.452 e. The van der Waals surface area contributed by atoms with E-state index in [1.54, 1.807) is 42.5 Å². The number of halogens is 1. The Morgan fingerprint density at radius 1 is 1.14 bits per heavy atom. The van der Waals surface area contributed by atoms with Crippen LogP contribution < -0.4 is 10.9 Å². The van der Waals surface area contributed by atoms with Crippen LogP contribution in [0.4, 0.5) is 0 Å². The lowest BCUT2D eigenvalue weighted by atomic mass is 10.1. The van der Waals surface area contributed by atoms with E-state index in [9.17, 15) is 14.4 Å². The summed E-state index contributed by atoms with van der Waals surface area (Å²) in [4.78, 5) is 36.7. The van der Waals surface area contributed by atoms with Gasteiger partial charge in [-0.3, -0.25) is 14.4 Å². The summed E-state index contributed by atoms with van der Waals surface area (Å²) in [6.45, 7) is 1.72. The van der Waals surface area contributed by atoms with E-state index >= 15 is 0 Å². The first-order valence-electron chi connectivity index (χ1n) is 9.02. The standard InChI is InChI=1S/C21H20ClN3O4/c1-13(20(27)23-12-14-7-3-6-10-17(14)22)29-19(26)11-18-15-8-4-5-9-16(15)21(28)25(2)24-18/h3-10,13H,11-12H2,1-2H3,(H,23,27)/t13-/m0/s1. The number of hydrogen-bond acceptors (Lipinski definition) is 5. The van der Waals surface area contributed by atoms with Crippen molar-refractivity contribution in [1.82, 2.24) is 15.1 Å². The lowest BCUT2D eigenvalue weighted by Crippen LogP contribution is -2.36. The number of nitrogens with one attached hydrogen (secondary N) is 1. The third-order valence-electron chi connectivity index (χ3n) is 4.43. The Kier molecular flexibility index (Phi) is 6.29. The molecule has 0 saturated heterocycles. The SMILES string of the molecule is C[C@H](OC(=O)Cc1nn(C)c(=O)c2ccccc12)C(=O)NCc1ccccc1Cl. The normalized spacial score (nSPS) is 11.8. The van der Waals surface area contributed by atoms with Crippen LogP contribution in [0, 0.1) is 0 Å². The van der Waals surface area contributed by atoms with Crippen LogP contribution in [-0.4, -0.2) is 27.8 Å². The molecule has 1 heterocycles. The lowest BCUT2D eigenvalue weighted by Gasteiger charge is -2.14. The Morgan fingerprint density at radius 2 is 1.79 bits per heavy atom. The van der Waals surface area contributed by atoms with Gasteiger partial charge in [-0.25, -0.2) is 4.68 Å². The molecule has 0 unspecified atom stereocenters. The van der Waals surface area contributed by atoms with Gasteiger partial charge < -0.3 is 10.1 Å². The maximum Gasteiger partial charge on any atom is 0.312 e. The zero-order valence-corrected chi connectivity index (χ0v) is 16.8. The van der Waals surface area contributed by atoms with Gasteiger partial charge in [-0.05, 0) is 24.6 Å². The Balaban J connectivity index is 1.64. The van der Waals surface area contributed by atoms with Crippen molar-refractivity contribution in [1.29, 1.82) is 0 Å². The number of benzene rings is 2. The van der Waals surface area contributed by atoms with Crippen molar-refractivity contribution in [2.45, 2.75) is 26.0 Å². The van der Waals surface area contributed by atoms with Gasteiger partial charge in [0.25, 0.3) is 11.5 Å². The van der Waals surface area contributed by atoms with Gasteiger partial charge in [0.1, 0.15) is 0 Å². The molecule has 150 valence electrons. The number of carbonyl (C=O) groups excluding carboxylic acids is 2. The Bertz CT molecular complexity index is 1130. The highest BCUT2D eigenvalue weighted by Crippen LogP contribution is 2.15. The van der Waals surface area contributed by atoms with E-state index < -0.39 is 18.0 Å². The third kappa shape index (κ3) is 4.81. The van der Waals surface area contributed by atoms with E-state index in [0.717, 1.165) is 5.56 Å². The van der Waals surface area contributed by atoms with Crippen LogP contribution in [0.1, 0.15) is 18.2 Å². The second kappa shape index (κ2) is 8.87. The summed E-state index contributed by atoms with van der Waals surface area (Å²) in [5.41, 5.74) is 0.934. The van der Waals surface area contributed by atoms with E-state index in [0.29, 0.717) is 21.5 Å². The molecule has 1 N–H and O–H groups in total. The van der Waals surface area contributed by atoms with Crippen molar-refractivity contribution in [3.8, 4) is 0 Å². The number of fused-ring (bicyclic) bond motifs is 1. The molecule has 0 aliphatic rings. The van der Waals surface area contributed by atoms with E-state index in [1.165, 1.54) is 18.7 Å². The minimum atomic E-state index is -0.983. The van der Waals surface area contributed by atoms with Gasteiger partial charge in [0.2, 0.25) is 0 Å². The summed E-state index contributed by atoms with van der Waals surface area (Å²) < 4.78 is 6.43. The molecule has 0 aliphatic heterocycles. The molecule has 3 aromatic rings. The van der Waals surface area contributed by atoms with E-state index in [2.05, 4.69) is 10.4 Å². The van der Waals surface area contributed by atoms with Crippen LogP contribution >= 0.6 is 11.6 Å². The summed E-state index contributed by atoms with van der Waals surface area (Å²) in [7, 11) is 1.52. The van der Waals surface area contributed by atoms with Gasteiger partial charge in [0, 0.05) is 24.0 Å². The first-order chi connectivity index (χ1) is 13.9. The zero-order chi connectivity index (χ0) is 21.0. The topological polar surface area (TPSA) is 90.3 Å². The third-order valence-corrected chi connectivity index (χ3v) is 4.80. The first-order valence-corrected chi connectivity index (χ1v) is 9.40. The number of esters is 1. The molecule has 3 rings (SSSR count). The molecule has 0 saturated carbocycles. The molecule has 2 aromatic carbocycles. The van der Waals surface area contributed by atoms with Crippen molar-refractivity contribution >= 4 is 34.2 Å². The van der Waals surface area contributed by atoms with Gasteiger partial charge in [-0.2, -0.15) is 5.10 Å². The average molecular weight is 414 g/mol. The van der Waals surface area contributed by atoms with Crippen molar-refractivity contribution in [3.63, 3.8) is 0 Å². The predicted molar refractivity (Wildman–Crippen MR) is 110 cm³/mol. The second-order valence-electron chi connectivity index (χ2n) is 6.54. The van der Waals surface area contributed by atoms with Crippen LogP contribution in [0.3, 0.4) is 0 Å². The highest BCUT2D eigenvalue weighted by atomic mass is 35.5. The molecule has 1 atom stereocenters. The highest BCUT2D eigenvalue weighted by Gasteiger charge is 2.20. The van der Waals surface area contributed by atoms with Crippen LogP contribution in [0.15, 0.2) is 53.3 Å². The summed E-state index contributed by atoms with van der Waals surface area (Å²) in [5, 5.41) is 8.46. The summed E-state index contributed by atoms with van der Waals surface area (Å²) in [6, 6.07) is 14.1. The van der Waals surface area contributed by atoms with Gasteiger partial charge in [-0.15, -0.1) is 0 Å². The van der Waals surface area contributed by atoms with Crippen LogP contribution in [0.25, 0.3) is 10.8 Å². The molecule has 0 spiro atoms. The molecule has 1 aromatic heterocycles. The van der Waals surface area contributed by atoms with E-state index in [4.69, 9.17) is 16.3 Å². The zero-order valence-electron chi connectivity index (χ0n) is 16.0. The maximum absolute atomic E-state index is 12.3. The molecule has 0 radical (unpaired) electrons. The van der Waals surface area contributed by atoms with E-state index in [-0.39, 0.29) is 18.5 Å². The van der Waals surface area contributed by atoms with Crippen LogP contribution in [-0.2, 0) is 34.3 Å².